The number of hydrogen-bond donors (Lipinski definition) is 1. The summed E-state index contributed by atoms with van der Waals surface area (Å²) in [5.41, 5.74) is 2.95. The molecule has 2 heteroatoms. The van der Waals surface area contributed by atoms with E-state index >= 15 is 0 Å². The highest BCUT2D eigenvalue weighted by Gasteiger charge is 2.38. The van der Waals surface area contributed by atoms with Gasteiger partial charge in [-0.15, -0.1) is 0 Å². The van der Waals surface area contributed by atoms with Crippen molar-refractivity contribution >= 4 is 0 Å². The van der Waals surface area contributed by atoms with Crippen LogP contribution < -0.4 is 5.32 Å². The van der Waals surface area contributed by atoms with Gasteiger partial charge in [0.2, 0.25) is 0 Å². The molecule has 0 amide bonds. The van der Waals surface area contributed by atoms with Crippen molar-refractivity contribution in [2.24, 2.45) is 5.92 Å². The van der Waals surface area contributed by atoms with Crippen molar-refractivity contribution in [1.29, 1.82) is 0 Å². The molecule has 1 aliphatic heterocycles. The van der Waals surface area contributed by atoms with Crippen LogP contribution in [-0.2, 0) is 6.54 Å². The third kappa shape index (κ3) is 3.24. The fourth-order valence-electron chi connectivity index (χ4n) is 3.58. The third-order valence-corrected chi connectivity index (χ3v) is 4.98. The molecule has 3 rings (SSSR count). The Morgan fingerprint density at radius 1 is 1.25 bits per heavy atom. The molecule has 0 spiro atoms. The minimum Gasteiger partial charge on any atom is -0.311 e. The minimum atomic E-state index is 0.694. The second-order valence-electron chi connectivity index (χ2n) is 6.65. The molecular formula is C18H28N2. The summed E-state index contributed by atoms with van der Waals surface area (Å²) in [5.74, 6) is 0.953. The number of benzene rings is 1. The molecule has 0 radical (unpaired) electrons. The van der Waals surface area contributed by atoms with E-state index in [2.05, 4.69) is 48.3 Å². The number of hydrogen-bond acceptors (Lipinski definition) is 2. The van der Waals surface area contributed by atoms with Crippen LogP contribution in [-0.4, -0.2) is 30.1 Å². The summed E-state index contributed by atoms with van der Waals surface area (Å²) in [6.07, 6.45) is 5.47. The zero-order chi connectivity index (χ0) is 13.9. The highest BCUT2D eigenvalue weighted by atomic mass is 15.2. The monoisotopic (exact) mass is 272 g/mol. The van der Waals surface area contributed by atoms with Gasteiger partial charge in [0.05, 0.1) is 0 Å². The van der Waals surface area contributed by atoms with Gasteiger partial charge >= 0.3 is 0 Å². The minimum absolute atomic E-state index is 0.694. The Kier molecular flexibility index (Phi) is 4.42. The van der Waals surface area contributed by atoms with Crippen LogP contribution in [0.1, 0.15) is 43.7 Å². The predicted octanol–water partition coefficient (Wildman–Crippen LogP) is 3.35. The molecule has 1 aliphatic carbocycles. The van der Waals surface area contributed by atoms with Gasteiger partial charge in [0.1, 0.15) is 0 Å². The summed E-state index contributed by atoms with van der Waals surface area (Å²) in [5, 5.41) is 3.78. The molecule has 2 aliphatic rings. The second kappa shape index (κ2) is 6.28. The van der Waals surface area contributed by atoms with E-state index in [1.807, 2.05) is 0 Å². The molecule has 0 aromatic heterocycles. The SMILES string of the molecule is CCCC1CN(Cc2ccccc2C)C(C2CC2)CN1. The molecule has 20 heavy (non-hydrogen) atoms. The average molecular weight is 272 g/mol. The largest absolute Gasteiger partial charge is 0.311 e. The quantitative estimate of drug-likeness (QED) is 0.884. The van der Waals surface area contributed by atoms with E-state index in [0.717, 1.165) is 18.5 Å². The Balaban J connectivity index is 1.70. The van der Waals surface area contributed by atoms with Gasteiger partial charge in [-0.1, -0.05) is 37.6 Å². The normalized spacial score (nSPS) is 27.7. The molecule has 1 aromatic carbocycles. The molecule has 1 saturated heterocycles. The highest BCUT2D eigenvalue weighted by Crippen LogP contribution is 2.37. The Morgan fingerprint density at radius 3 is 2.75 bits per heavy atom. The van der Waals surface area contributed by atoms with Crippen molar-refractivity contribution in [3.8, 4) is 0 Å². The van der Waals surface area contributed by atoms with Gasteiger partial charge in [0, 0.05) is 31.7 Å². The predicted molar refractivity (Wildman–Crippen MR) is 84.8 cm³/mol. The maximum atomic E-state index is 3.78. The molecule has 1 aromatic rings. The van der Waals surface area contributed by atoms with Gasteiger partial charge in [-0.3, -0.25) is 4.90 Å². The average Bonchev–Trinajstić information content (AvgIpc) is 3.27. The highest BCUT2D eigenvalue weighted by molar-refractivity contribution is 5.25. The van der Waals surface area contributed by atoms with Gasteiger partial charge in [0.25, 0.3) is 0 Å². The lowest BCUT2D eigenvalue weighted by Gasteiger charge is -2.41. The number of rotatable bonds is 5. The summed E-state index contributed by atoms with van der Waals surface area (Å²) < 4.78 is 0. The van der Waals surface area contributed by atoms with Crippen LogP contribution in [0.5, 0.6) is 0 Å². The maximum absolute atomic E-state index is 3.78. The number of aryl methyl sites for hydroxylation is 1. The Hall–Kier alpha value is -0.860. The Labute approximate surface area is 123 Å². The van der Waals surface area contributed by atoms with Crippen molar-refractivity contribution in [1.82, 2.24) is 10.2 Å². The first kappa shape index (κ1) is 14.1. The first-order valence-corrected chi connectivity index (χ1v) is 8.30. The van der Waals surface area contributed by atoms with E-state index in [-0.39, 0.29) is 0 Å². The van der Waals surface area contributed by atoms with Gasteiger partial charge in [-0.05, 0) is 43.2 Å². The fraction of sp³-hybridized carbons (Fsp3) is 0.667. The van der Waals surface area contributed by atoms with Gasteiger partial charge in [-0.2, -0.15) is 0 Å². The first-order chi connectivity index (χ1) is 9.78. The van der Waals surface area contributed by atoms with Crippen LogP contribution in [0.4, 0.5) is 0 Å². The first-order valence-electron chi connectivity index (χ1n) is 8.30. The lowest BCUT2D eigenvalue weighted by molar-refractivity contribution is 0.104. The van der Waals surface area contributed by atoms with Gasteiger partial charge < -0.3 is 5.32 Å². The molecule has 1 saturated carbocycles. The molecule has 0 bridgehead atoms. The van der Waals surface area contributed by atoms with E-state index in [9.17, 15) is 0 Å². The molecule has 1 heterocycles. The Bertz CT molecular complexity index is 439. The van der Waals surface area contributed by atoms with Crippen molar-refractivity contribution < 1.29 is 0 Å². The van der Waals surface area contributed by atoms with Crippen LogP contribution in [0.2, 0.25) is 0 Å². The third-order valence-electron chi connectivity index (χ3n) is 4.98. The molecule has 2 atom stereocenters. The standard InChI is InChI=1S/C18H28N2/c1-3-6-17-13-20(18(11-19-17)15-9-10-15)12-16-8-5-4-7-14(16)2/h4-5,7-8,15,17-19H,3,6,9-13H2,1-2H3. The van der Waals surface area contributed by atoms with Crippen molar-refractivity contribution in [3.63, 3.8) is 0 Å². The fourth-order valence-corrected chi connectivity index (χ4v) is 3.58. The summed E-state index contributed by atoms with van der Waals surface area (Å²) >= 11 is 0. The van der Waals surface area contributed by atoms with Gasteiger partial charge in [-0.25, -0.2) is 0 Å². The molecular weight excluding hydrogens is 244 g/mol. The maximum Gasteiger partial charge on any atom is 0.0253 e. The molecule has 1 N–H and O–H groups in total. The smallest absolute Gasteiger partial charge is 0.0253 e. The summed E-state index contributed by atoms with van der Waals surface area (Å²) in [7, 11) is 0. The van der Waals surface area contributed by atoms with Gasteiger partial charge in [0.15, 0.2) is 0 Å². The second-order valence-corrected chi connectivity index (χ2v) is 6.65. The van der Waals surface area contributed by atoms with E-state index < -0.39 is 0 Å². The van der Waals surface area contributed by atoms with Crippen LogP contribution in [0.3, 0.4) is 0 Å². The van der Waals surface area contributed by atoms with E-state index in [1.165, 1.54) is 49.9 Å². The van der Waals surface area contributed by atoms with Crippen LogP contribution in [0.25, 0.3) is 0 Å². The zero-order valence-electron chi connectivity index (χ0n) is 12.9. The van der Waals surface area contributed by atoms with Crippen LogP contribution >= 0.6 is 0 Å². The topological polar surface area (TPSA) is 15.3 Å². The van der Waals surface area contributed by atoms with E-state index in [4.69, 9.17) is 0 Å². The summed E-state index contributed by atoms with van der Waals surface area (Å²) in [4.78, 5) is 2.76. The lowest BCUT2D eigenvalue weighted by atomic mass is 10.00. The van der Waals surface area contributed by atoms with Crippen LogP contribution in [0.15, 0.2) is 24.3 Å². The number of piperazine rings is 1. The molecule has 2 unspecified atom stereocenters. The molecule has 2 nitrogen and oxygen atoms in total. The molecule has 2 fully saturated rings. The molecule has 110 valence electrons. The summed E-state index contributed by atoms with van der Waals surface area (Å²) in [6, 6.07) is 10.3. The van der Waals surface area contributed by atoms with E-state index in [1.54, 1.807) is 0 Å². The number of nitrogens with one attached hydrogen (secondary N) is 1. The zero-order valence-corrected chi connectivity index (χ0v) is 12.9. The Morgan fingerprint density at radius 2 is 2.05 bits per heavy atom. The lowest BCUT2D eigenvalue weighted by Crippen LogP contribution is -2.56. The number of nitrogens with zero attached hydrogens (tertiary/aromatic N) is 1. The van der Waals surface area contributed by atoms with Crippen LogP contribution in [0, 0.1) is 12.8 Å². The van der Waals surface area contributed by atoms with Crippen molar-refractivity contribution in [2.45, 2.75) is 58.2 Å². The van der Waals surface area contributed by atoms with Crippen molar-refractivity contribution in [2.75, 3.05) is 13.1 Å². The van der Waals surface area contributed by atoms with E-state index in [0.29, 0.717) is 6.04 Å². The van der Waals surface area contributed by atoms with Crippen molar-refractivity contribution in [3.05, 3.63) is 35.4 Å². The summed E-state index contributed by atoms with van der Waals surface area (Å²) in [6.45, 7) is 8.09.